The number of amides is 3. The van der Waals surface area contributed by atoms with Crippen LogP contribution in [-0.2, 0) is 4.74 Å². The molecule has 0 spiro atoms. The highest BCUT2D eigenvalue weighted by molar-refractivity contribution is 6.22. The minimum absolute atomic E-state index is 0.103. The first-order chi connectivity index (χ1) is 13.9. The van der Waals surface area contributed by atoms with E-state index in [1.54, 1.807) is 12.1 Å². The number of carbonyl (C=O) groups excluding carboxylic acids is 3. The first-order valence-electron chi connectivity index (χ1n) is 9.97. The molecule has 0 aliphatic carbocycles. The van der Waals surface area contributed by atoms with Crippen molar-refractivity contribution in [1.82, 2.24) is 4.90 Å². The van der Waals surface area contributed by atoms with Gasteiger partial charge in [-0.15, -0.1) is 0 Å². The summed E-state index contributed by atoms with van der Waals surface area (Å²) in [5.41, 5.74) is 2.83. The standard InChI is InChI=1S/C23H24N2O4/c1-14(2)15-5-8-17(9-6-15)24-21(26)16-7-10-19-20(12-16)23(28)25(22(19)27)13-18-4-3-11-29-18/h5-10,12,14,18H,3-4,11,13H2,1-2H3,(H,24,26). The lowest BCUT2D eigenvalue weighted by molar-refractivity contribution is 0.0475. The third-order valence-electron chi connectivity index (χ3n) is 5.48. The summed E-state index contributed by atoms with van der Waals surface area (Å²) < 4.78 is 5.55. The quantitative estimate of drug-likeness (QED) is 0.785. The summed E-state index contributed by atoms with van der Waals surface area (Å²) in [4.78, 5) is 39.2. The maximum absolute atomic E-state index is 12.7. The van der Waals surface area contributed by atoms with Crippen molar-refractivity contribution in [3.05, 3.63) is 64.7 Å². The number of rotatable bonds is 5. The van der Waals surface area contributed by atoms with E-state index < -0.39 is 0 Å². The largest absolute Gasteiger partial charge is 0.376 e. The highest BCUT2D eigenvalue weighted by Gasteiger charge is 2.37. The minimum atomic E-state index is -0.364. The lowest BCUT2D eigenvalue weighted by atomic mass is 10.0. The number of fused-ring (bicyclic) bond motifs is 1. The second kappa shape index (κ2) is 7.79. The molecule has 29 heavy (non-hydrogen) atoms. The Morgan fingerprint density at radius 2 is 1.83 bits per heavy atom. The minimum Gasteiger partial charge on any atom is -0.376 e. The van der Waals surface area contributed by atoms with E-state index in [0.717, 1.165) is 12.8 Å². The predicted octanol–water partition coefficient (Wildman–Crippen LogP) is 3.84. The number of carbonyl (C=O) groups is 3. The van der Waals surface area contributed by atoms with Crippen molar-refractivity contribution in [1.29, 1.82) is 0 Å². The average Bonchev–Trinajstić information content (AvgIpc) is 3.31. The van der Waals surface area contributed by atoms with Gasteiger partial charge in [-0.3, -0.25) is 19.3 Å². The van der Waals surface area contributed by atoms with Gasteiger partial charge in [0.25, 0.3) is 17.7 Å². The van der Waals surface area contributed by atoms with Crippen LogP contribution in [0.25, 0.3) is 0 Å². The van der Waals surface area contributed by atoms with Gasteiger partial charge in [-0.2, -0.15) is 0 Å². The molecule has 1 saturated heterocycles. The third kappa shape index (κ3) is 3.80. The normalized spacial score (nSPS) is 18.4. The van der Waals surface area contributed by atoms with E-state index >= 15 is 0 Å². The van der Waals surface area contributed by atoms with E-state index in [2.05, 4.69) is 19.2 Å². The van der Waals surface area contributed by atoms with Crippen molar-refractivity contribution in [2.24, 2.45) is 0 Å². The Kier molecular flexibility index (Phi) is 5.20. The second-order valence-corrected chi connectivity index (χ2v) is 7.85. The van der Waals surface area contributed by atoms with Crippen LogP contribution in [0.1, 0.15) is 69.2 Å². The molecule has 2 heterocycles. The first-order valence-corrected chi connectivity index (χ1v) is 9.97. The zero-order valence-electron chi connectivity index (χ0n) is 16.6. The van der Waals surface area contributed by atoms with Crippen LogP contribution in [0.15, 0.2) is 42.5 Å². The number of hydrogen-bond acceptors (Lipinski definition) is 4. The van der Waals surface area contributed by atoms with Gasteiger partial charge in [-0.05, 0) is 54.7 Å². The summed E-state index contributed by atoms with van der Waals surface area (Å²) in [6.07, 6.45) is 1.68. The van der Waals surface area contributed by atoms with Crippen LogP contribution in [0.4, 0.5) is 5.69 Å². The zero-order valence-corrected chi connectivity index (χ0v) is 16.6. The highest BCUT2D eigenvalue weighted by Crippen LogP contribution is 2.26. The van der Waals surface area contributed by atoms with Gasteiger partial charge >= 0.3 is 0 Å². The van der Waals surface area contributed by atoms with Gasteiger partial charge in [-0.25, -0.2) is 0 Å². The Morgan fingerprint density at radius 1 is 1.10 bits per heavy atom. The van der Waals surface area contributed by atoms with Gasteiger partial charge < -0.3 is 10.1 Å². The number of anilines is 1. The predicted molar refractivity (Wildman–Crippen MR) is 109 cm³/mol. The van der Waals surface area contributed by atoms with Gasteiger partial charge in [0.15, 0.2) is 0 Å². The van der Waals surface area contributed by atoms with Gasteiger partial charge in [0, 0.05) is 17.9 Å². The van der Waals surface area contributed by atoms with E-state index in [1.807, 2.05) is 24.3 Å². The Labute approximate surface area is 169 Å². The molecule has 1 atom stereocenters. The van der Waals surface area contributed by atoms with Crippen molar-refractivity contribution >= 4 is 23.4 Å². The monoisotopic (exact) mass is 392 g/mol. The lowest BCUT2D eigenvalue weighted by Gasteiger charge is -2.17. The molecule has 0 radical (unpaired) electrons. The van der Waals surface area contributed by atoms with E-state index in [1.165, 1.54) is 16.5 Å². The second-order valence-electron chi connectivity index (χ2n) is 7.85. The lowest BCUT2D eigenvalue weighted by Crippen LogP contribution is -2.36. The number of nitrogens with zero attached hydrogens (tertiary/aromatic N) is 1. The van der Waals surface area contributed by atoms with Gasteiger partial charge in [0.1, 0.15) is 0 Å². The van der Waals surface area contributed by atoms with E-state index in [-0.39, 0.29) is 35.9 Å². The van der Waals surface area contributed by atoms with Gasteiger partial charge in [0.2, 0.25) is 0 Å². The molecule has 1 fully saturated rings. The van der Waals surface area contributed by atoms with E-state index in [9.17, 15) is 14.4 Å². The fraction of sp³-hybridized carbons (Fsp3) is 0.348. The Morgan fingerprint density at radius 3 is 2.48 bits per heavy atom. The first kappa shape index (κ1) is 19.3. The van der Waals surface area contributed by atoms with Crippen LogP contribution in [0.3, 0.4) is 0 Å². The van der Waals surface area contributed by atoms with Crippen LogP contribution in [0, 0.1) is 0 Å². The Hall–Kier alpha value is -2.99. The summed E-state index contributed by atoms with van der Waals surface area (Å²) in [6.45, 7) is 5.14. The fourth-order valence-electron chi connectivity index (χ4n) is 3.74. The van der Waals surface area contributed by atoms with Crippen LogP contribution >= 0.6 is 0 Å². The average molecular weight is 392 g/mol. The number of imide groups is 1. The summed E-state index contributed by atoms with van der Waals surface area (Å²) in [6, 6.07) is 12.3. The van der Waals surface area contributed by atoms with Crippen molar-refractivity contribution in [3.8, 4) is 0 Å². The molecule has 2 aromatic rings. The molecule has 2 aromatic carbocycles. The summed E-state index contributed by atoms with van der Waals surface area (Å²) in [5, 5.41) is 2.84. The van der Waals surface area contributed by atoms with Gasteiger partial charge in [-0.1, -0.05) is 26.0 Å². The maximum atomic E-state index is 12.7. The molecule has 0 bridgehead atoms. The highest BCUT2D eigenvalue weighted by atomic mass is 16.5. The smallest absolute Gasteiger partial charge is 0.261 e. The Balaban J connectivity index is 1.50. The molecule has 3 amide bonds. The topological polar surface area (TPSA) is 75.7 Å². The molecular formula is C23H24N2O4. The number of benzene rings is 2. The molecule has 1 unspecified atom stereocenters. The van der Waals surface area contributed by atoms with Crippen molar-refractivity contribution in [2.75, 3.05) is 18.5 Å². The molecule has 0 saturated carbocycles. The molecule has 6 heteroatoms. The zero-order chi connectivity index (χ0) is 20.5. The number of hydrogen-bond donors (Lipinski definition) is 1. The van der Waals surface area contributed by atoms with E-state index in [0.29, 0.717) is 29.3 Å². The fourth-order valence-corrected chi connectivity index (χ4v) is 3.74. The van der Waals surface area contributed by atoms with Gasteiger partial charge in [0.05, 0.1) is 23.8 Å². The van der Waals surface area contributed by atoms with Crippen LogP contribution in [0.2, 0.25) is 0 Å². The van der Waals surface area contributed by atoms with Crippen LogP contribution in [0.5, 0.6) is 0 Å². The third-order valence-corrected chi connectivity index (χ3v) is 5.48. The number of nitrogens with one attached hydrogen (secondary N) is 1. The summed E-state index contributed by atoms with van der Waals surface area (Å²) in [7, 11) is 0. The number of ether oxygens (including phenoxy) is 1. The molecule has 1 N–H and O–H groups in total. The van der Waals surface area contributed by atoms with Crippen molar-refractivity contribution in [3.63, 3.8) is 0 Å². The molecule has 0 aromatic heterocycles. The maximum Gasteiger partial charge on any atom is 0.261 e. The van der Waals surface area contributed by atoms with Crippen LogP contribution < -0.4 is 5.32 Å². The summed E-state index contributed by atoms with van der Waals surface area (Å²) in [5.74, 6) is -0.589. The van der Waals surface area contributed by atoms with E-state index in [4.69, 9.17) is 4.74 Å². The summed E-state index contributed by atoms with van der Waals surface area (Å²) >= 11 is 0. The molecule has 2 aliphatic heterocycles. The molecule has 6 nitrogen and oxygen atoms in total. The SMILES string of the molecule is CC(C)c1ccc(NC(=O)c2ccc3c(c2)C(=O)N(CC2CCCO2)C3=O)cc1. The molecule has 2 aliphatic rings. The molecule has 150 valence electrons. The van der Waals surface area contributed by atoms with Crippen molar-refractivity contribution < 1.29 is 19.1 Å². The van der Waals surface area contributed by atoms with Crippen molar-refractivity contribution in [2.45, 2.75) is 38.7 Å². The van der Waals surface area contributed by atoms with Crippen LogP contribution in [-0.4, -0.2) is 41.9 Å². The molecule has 4 rings (SSSR count). The molecular weight excluding hydrogens is 368 g/mol. The Bertz CT molecular complexity index is 959.